The fraction of sp³-hybridized carbons (Fsp3) is 0.423. The molecule has 4 bridgehead atoms. The second-order valence-electron chi connectivity index (χ2n) is 9.81. The normalized spacial score (nSPS) is 28.7. The van der Waals surface area contributed by atoms with Gasteiger partial charge in [-0.2, -0.15) is 0 Å². The quantitative estimate of drug-likeness (QED) is 0.519. The molecule has 158 valence electrons. The van der Waals surface area contributed by atoms with E-state index in [1.165, 1.54) is 19.3 Å². The smallest absolute Gasteiger partial charge is 0.338 e. The first-order valence-corrected chi connectivity index (χ1v) is 11.2. The maximum absolute atomic E-state index is 13.1. The van der Waals surface area contributed by atoms with Gasteiger partial charge < -0.3 is 9.26 Å². The van der Waals surface area contributed by atoms with Crippen molar-refractivity contribution in [2.45, 2.75) is 38.5 Å². The Labute approximate surface area is 180 Å². The lowest BCUT2D eigenvalue weighted by Gasteiger charge is -2.55. The Hall–Kier alpha value is -2.95. The fourth-order valence-corrected chi connectivity index (χ4v) is 6.69. The molecule has 0 spiro atoms. The number of rotatable bonds is 5. The number of carbonyl (C=O) groups excluding carboxylic acids is 2. The van der Waals surface area contributed by atoms with Gasteiger partial charge >= 0.3 is 5.97 Å². The van der Waals surface area contributed by atoms with Gasteiger partial charge in [0.25, 0.3) is 0 Å². The summed E-state index contributed by atoms with van der Waals surface area (Å²) in [5.74, 6) is 2.35. The molecule has 5 heteroatoms. The summed E-state index contributed by atoms with van der Waals surface area (Å²) in [4.78, 5) is 25.9. The summed E-state index contributed by atoms with van der Waals surface area (Å²) >= 11 is 0. The molecule has 31 heavy (non-hydrogen) atoms. The number of Topliss-reactive ketones (excluding diaryl/α,β-unsaturated/α-hetero) is 1. The third-order valence-corrected chi connectivity index (χ3v) is 7.71. The molecule has 4 aliphatic carbocycles. The standard InChI is InChI=1S/C26H25NO4/c28-23(26-12-16-8-17(13-26)10-18(9-16)14-26)15-30-25(29)20-6-7-22-21(11-20)24(31-27-22)19-4-2-1-3-5-19/h1-7,11,16-18H,8-10,12-15H2. The largest absolute Gasteiger partial charge is 0.454 e. The summed E-state index contributed by atoms with van der Waals surface area (Å²) in [5, 5.41) is 4.85. The summed E-state index contributed by atoms with van der Waals surface area (Å²) in [5.41, 5.74) is 1.74. The van der Waals surface area contributed by atoms with Crippen molar-refractivity contribution in [2.24, 2.45) is 23.2 Å². The SMILES string of the molecule is O=C(OCC(=O)C12CC3CC(CC(C3)C1)C2)c1ccc2noc(-c3ccccc3)c2c1. The maximum Gasteiger partial charge on any atom is 0.338 e. The van der Waals surface area contributed by atoms with E-state index in [9.17, 15) is 9.59 Å². The Morgan fingerprint density at radius 2 is 1.65 bits per heavy atom. The average molecular weight is 415 g/mol. The van der Waals surface area contributed by atoms with Crippen LogP contribution in [0.3, 0.4) is 0 Å². The first kappa shape index (κ1) is 18.8. The van der Waals surface area contributed by atoms with Crippen molar-refractivity contribution < 1.29 is 18.8 Å². The Kier molecular flexibility index (Phi) is 4.27. The summed E-state index contributed by atoms with van der Waals surface area (Å²) in [6.45, 7) is -0.127. The van der Waals surface area contributed by atoms with E-state index in [-0.39, 0.29) is 17.8 Å². The summed E-state index contributed by atoms with van der Waals surface area (Å²) in [7, 11) is 0. The second-order valence-corrected chi connectivity index (χ2v) is 9.81. The van der Waals surface area contributed by atoms with Gasteiger partial charge in [-0.05, 0) is 74.5 Å². The van der Waals surface area contributed by atoms with Gasteiger partial charge in [-0.3, -0.25) is 4.79 Å². The fourth-order valence-electron chi connectivity index (χ4n) is 6.69. The van der Waals surface area contributed by atoms with Crippen molar-refractivity contribution in [1.82, 2.24) is 5.16 Å². The molecule has 0 radical (unpaired) electrons. The van der Waals surface area contributed by atoms with Gasteiger partial charge in [0.1, 0.15) is 5.52 Å². The van der Waals surface area contributed by atoms with E-state index >= 15 is 0 Å². The minimum absolute atomic E-state index is 0.121. The Bertz CT molecular complexity index is 1130. The van der Waals surface area contributed by atoms with E-state index in [1.54, 1.807) is 18.2 Å². The zero-order chi connectivity index (χ0) is 21.0. The minimum atomic E-state index is -0.472. The Morgan fingerprint density at radius 1 is 0.968 bits per heavy atom. The maximum atomic E-state index is 13.1. The highest BCUT2D eigenvalue weighted by atomic mass is 16.5. The number of hydrogen-bond acceptors (Lipinski definition) is 5. The van der Waals surface area contributed by atoms with Gasteiger partial charge in [-0.1, -0.05) is 35.5 Å². The highest BCUT2D eigenvalue weighted by Crippen LogP contribution is 2.60. The van der Waals surface area contributed by atoms with Crippen LogP contribution >= 0.6 is 0 Å². The number of carbonyl (C=O) groups is 2. The number of fused-ring (bicyclic) bond motifs is 1. The van der Waals surface area contributed by atoms with Gasteiger partial charge in [0.2, 0.25) is 0 Å². The van der Waals surface area contributed by atoms with Crippen molar-refractivity contribution in [3.05, 3.63) is 54.1 Å². The lowest BCUT2D eigenvalue weighted by atomic mass is 9.48. The van der Waals surface area contributed by atoms with E-state index in [0.717, 1.165) is 30.2 Å². The third-order valence-electron chi connectivity index (χ3n) is 7.71. The van der Waals surface area contributed by atoms with Crippen LogP contribution in [0.2, 0.25) is 0 Å². The number of benzene rings is 2. The monoisotopic (exact) mass is 415 g/mol. The number of ether oxygens (including phenoxy) is 1. The van der Waals surface area contributed by atoms with Crippen LogP contribution in [-0.4, -0.2) is 23.5 Å². The van der Waals surface area contributed by atoms with Gasteiger partial charge in [0.15, 0.2) is 18.2 Å². The predicted octanol–water partition coefficient (Wildman–Crippen LogP) is 5.44. The zero-order valence-electron chi connectivity index (χ0n) is 17.4. The van der Waals surface area contributed by atoms with Crippen molar-refractivity contribution in [1.29, 1.82) is 0 Å². The molecule has 2 aromatic carbocycles. The molecule has 1 heterocycles. The van der Waals surface area contributed by atoms with Crippen LogP contribution in [0, 0.1) is 23.2 Å². The second kappa shape index (κ2) is 7.04. The Morgan fingerprint density at radius 3 is 2.32 bits per heavy atom. The van der Waals surface area contributed by atoms with E-state index in [4.69, 9.17) is 9.26 Å². The lowest BCUT2D eigenvalue weighted by molar-refractivity contribution is -0.147. The highest BCUT2D eigenvalue weighted by molar-refractivity contribution is 5.99. The third kappa shape index (κ3) is 3.18. The highest BCUT2D eigenvalue weighted by Gasteiger charge is 2.54. The van der Waals surface area contributed by atoms with Crippen molar-refractivity contribution in [2.75, 3.05) is 6.61 Å². The number of ketones is 1. The summed E-state index contributed by atoms with van der Waals surface area (Å²) < 4.78 is 11.0. The predicted molar refractivity (Wildman–Crippen MR) is 115 cm³/mol. The topological polar surface area (TPSA) is 69.4 Å². The number of hydrogen-bond donors (Lipinski definition) is 0. The van der Waals surface area contributed by atoms with Crippen molar-refractivity contribution >= 4 is 22.7 Å². The molecule has 4 fully saturated rings. The molecule has 3 aromatic rings. The first-order valence-electron chi connectivity index (χ1n) is 11.2. The van der Waals surface area contributed by atoms with Crippen LogP contribution in [0.5, 0.6) is 0 Å². The molecular formula is C26H25NO4. The molecule has 0 aliphatic heterocycles. The summed E-state index contributed by atoms with van der Waals surface area (Å²) in [6.07, 6.45) is 6.83. The van der Waals surface area contributed by atoms with Gasteiger partial charge in [0, 0.05) is 11.0 Å². The zero-order valence-corrected chi connectivity index (χ0v) is 17.4. The number of nitrogens with zero attached hydrogens (tertiary/aromatic N) is 1. The van der Waals surface area contributed by atoms with Crippen LogP contribution < -0.4 is 0 Å². The molecule has 0 amide bonds. The van der Waals surface area contributed by atoms with Crippen LogP contribution in [0.25, 0.3) is 22.2 Å². The molecule has 0 atom stereocenters. The molecule has 0 saturated heterocycles. The minimum Gasteiger partial charge on any atom is -0.454 e. The van der Waals surface area contributed by atoms with E-state index in [2.05, 4.69) is 5.16 Å². The van der Waals surface area contributed by atoms with E-state index in [1.807, 2.05) is 30.3 Å². The molecule has 7 rings (SSSR count). The summed E-state index contributed by atoms with van der Waals surface area (Å²) in [6, 6.07) is 14.8. The molecule has 0 unspecified atom stereocenters. The van der Waals surface area contributed by atoms with Crippen molar-refractivity contribution in [3.63, 3.8) is 0 Å². The Balaban J connectivity index is 1.19. The van der Waals surface area contributed by atoms with Crippen LogP contribution in [0.15, 0.2) is 53.1 Å². The molecule has 4 saturated carbocycles. The molecule has 1 aromatic heterocycles. The van der Waals surface area contributed by atoms with Crippen LogP contribution in [-0.2, 0) is 9.53 Å². The lowest BCUT2D eigenvalue weighted by Crippen LogP contribution is -2.51. The van der Waals surface area contributed by atoms with E-state index < -0.39 is 5.97 Å². The van der Waals surface area contributed by atoms with Crippen molar-refractivity contribution in [3.8, 4) is 11.3 Å². The van der Waals surface area contributed by atoms with E-state index in [0.29, 0.717) is 34.6 Å². The molecular weight excluding hydrogens is 390 g/mol. The first-order chi connectivity index (χ1) is 15.1. The number of esters is 1. The molecule has 5 nitrogen and oxygen atoms in total. The molecule has 4 aliphatic rings. The molecule has 0 N–H and O–H groups in total. The van der Waals surface area contributed by atoms with Gasteiger partial charge in [-0.15, -0.1) is 0 Å². The average Bonchev–Trinajstić information content (AvgIpc) is 3.20. The number of aromatic nitrogens is 1. The van der Waals surface area contributed by atoms with Gasteiger partial charge in [-0.25, -0.2) is 4.79 Å². The van der Waals surface area contributed by atoms with Crippen LogP contribution in [0.4, 0.5) is 0 Å². The van der Waals surface area contributed by atoms with Crippen LogP contribution in [0.1, 0.15) is 48.9 Å². The van der Waals surface area contributed by atoms with Gasteiger partial charge in [0.05, 0.1) is 10.9 Å².